The Morgan fingerprint density at radius 3 is 2.67 bits per heavy atom. The van der Waals surface area contributed by atoms with E-state index in [1.807, 2.05) is 4.90 Å². The van der Waals surface area contributed by atoms with Gasteiger partial charge in [-0.05, 0) is 32.4 Å². The smallest absolute Gasteiger partial charge is 0.269 e. The summed E-state index contributed by atoms with van der Waals surface area (Å²) in [6.45, 7) is 6.45. The molecule has 134 valence electrons. The van der Waals surface area contributed by atoms with E-state index in [-0.39, 0.29) is 30.0 Å². The molecule has 1 aliphatic heterocycles. The molecule has 2 N–H and O–H groups in total. The second-order valence-electron chi connectivity index (χ2n) is 5.90. The number of rotatable bonds is 6. The number of nitro benzene ring substituents is 1. The van der Waals surface area contributed by atoms with E-state index in [1.165, 1.54) is 12.1 Å². The molecular formula is C16H25ClN4O3. The summed E-state index contributed by atoms with van der Waals surface area (Å²) in [5.41, 5.74) is 0.903. The molecule has 0 bridgehead atoms. The first-order valence-corrected chi connectivity index (χ1v) is 8.00. The van der Waals surface area contributed by atoms with Crippen molar-refractivity contribution in [3.8, 4) is 0 Å². The molecule has 1 heterocycles. The number of nitrogens with one attached hydrogen (secondary N) is 2. The third-order valence-corrected chi connectivity index (χ3v) is 4.33. The SMILES string of the molecule is CC1NCCN(C(=O)CCCNc2ccc([N+](=O)[O-])cc2)C1C.Cl. The van der Waals surface area contributed by atoms with E-state index in [0.717, 1.165) is 25.2 Å². The average molecular weight is 357 g/mol. The number of carbonyl (C=O) groups excluding carboxylic acids is 1. The molecule has 2 rings (SSSR count). The highest BCUT2D eigenvalue weighted by atomic mass is 35.5. The molecule has 8 heteroatoms. The van der Waals surface area contributed by atoms with Gasteiger partial charge in [0, 0.05) is 56.0 Å². The Kier molecular flexibility index (Phi) is 7.94. The molecule has 0 aliphatic carbocycles. The number of halogens is 1. The highest BCUT2D eigenvalue weighted by Gasteiger charge is 2.27. The molecule has 0 radical (unpaired) electrons. The van der Waals surface area contributed by atoms with Crippen LogP contribution in [-0.4, -0.2) is 47.4 Å². The molecule has 2 atom stereocenters. The Bertz CT molecular complexity index is 553. The first kappa shape index (κ1) is 20.2. The lowest BCUT2D eigenvalue weighted by Gasteiger charge is -2.38. The van der Waals surface area contributed by atoms with Crippen molar-refractivity contribution in [2.24, 2.45) is 0 Å². The van der Waals surface area contributed by atoms with Gasteiger partial charge in [-0.25, -0.2) is 0 Å². The van der Waals surface area contributed by atoms with E-state index in [2.05, 4.69) is 24.5 Å². The van der Waals surface area contributed by atoms with Gasteiger partial charge in [-0.15, -0.1) is 12.4 Å². The lowest BCUT2D eigenvalue weighted by atomic mass is 10.1. The molecule has 1 aliphatic rings. The van der Waals surface area contributed by atoms with Crippen LogP contribution in [0.5, 0.6) is 0 Å². The molecule has 0 spiro atoms. The second kappa shape index (κ2) is 9.44. The Morgan fingerprint density at radius 2 is 2.04 bits per heavy atom. The summed E-state index contributed by atoms with van der Waals surface area (Å²) in [5.74, 6) is 0.191. The van der Waals surface area contributed by atoms with Gasteiger partial charge in [0.05, 0.1) is 4.92 Å². The predicted molar refractivity (Wildman–Crippen MR) is 96.7 cm³/mol. The lowest BCUT2D eigenvalue weighted by Crippen LogP contribution is -2.57. The van der Waals surface area contributed by atoms with Crippen LogP contribution in [-0.2, 0) is 4.79 Å². The fourth-order valence-corrected chi connectivity index (χ4v) is 2.73. The monoisotopic (exact) mass is 356 g/mol. The summed E-state index contributed by atoms with van der Waals surface area (Å²) in [4.78, 5) is 24.4. The highest BCUT2D eigenvalue weighted by Crippen LogP contribution is 2.16. The van der Waals surface area contributed by atoms with Crippen molar-refractivity contribution in [2.45, 2.75) is 38.8 Å². The number of nitro groups is 1. The molecule has 1 saturated heterocycles. The fourth-order valence-electron chi connectivity index (χ4n) is 2.73. The summed E-state index contributed by atoms with van der Waals surface area (Å²) in [6.07, 6.45) is 1.25. The van der Waals surface area contributed by atoms with Crippen LogP contribution in [0.25, 0.3) is 0 Å². The van der Waals surface area contributed by atoms with Gasteiger partial charge in [0.25, 0.3) is 5.69 Å². The van der Waals surface area contributed by atoms with Gasteiger partial charge in [-0.3, -0.25) is 14.9 Å². The van der Waals surface area contributed by atoms with Crippen molar-refractivity contribution in [1.82, 2.24) is 10.2 Å². The molecular weight excluding hydrogens is 332 g/mol. The maximum absolute atomic E-state index is 12.3. The molecule has 1 amide bonds. The van der Waals surface area contributed by atoms with Gasteiger partial charge >= 0.3 is 0 Å². The van der Waals surface area contributed by atoms with Crippen molar-refractivity contribution < 1.29 is 9.72 Å². The Morgan fingerprint density at radius 1 is 1.38 bits per heavy atom. The molecule has 0 aromatic heterocycles. The van der Waals surface area contributed by atoms with E-state index in [4.69, 9.17) is 0 Å². The number of benzene rings is 1. The minimum Gasteiger partial charge on any atom is -0.385 e. The minimum atomic E-state index is -0.419. The van der Waals surface area contributed by atoms with Crippen LogP contribution in [0, 0.1) is 10.1 Å². The standard InChI is InChI=1S/C16H24N4O3.ClH/c1-12-13(2)19(11-10-17-12)16(21)4-3-9-18-14-5-7-15(8-6-14)20(22)23;/h5-8,12-13,17-18H,3-4,9-11H2,1-2H3;1H. The number of nitrogens with zero attached hydrogens (tertiary/aromatic N) is 2. The van der Waals surface area contributed by atoms with Crippen molar-refractivity contribution in [1.29, 1.82) is 0 Å². The lowest BCUT2D eigenvalue weighted by molar-refractivity contribution is -0.384. The van der Waals surface area contributed by atoms with Gasteiger partial charge in [-0.1, -0.05) is 0 Å². The summed E-state index contributed by atoms with van der Waals surface area (Å²) < 4.78 is 0. The number of amides is 1. The largest absolute Gasteiger partial charge is 0.385 e. The Labute approximate surface area is 148 Å². The van der Waals surface area contributed by atoms with Crippen molar-refractivity contribution in [3.63, 3.8) is 0 Å². The van der Waals surface area contributed by atoms with E-state index in [9.17, 15) is 14.9 Å². The topological polar surface area (TPSA) is 87.5 Å². The zero-order valence-corrected chi connectivity index (χ0v) is 14.8. The zero-order chi connectivity index (χ0) is 16.8. The maximum atomic E-state index is 12.3. The third kappa shape index (κ3) is 5.35. The quantitative estimate of drug-likeness (QED) is 0.464. The third-order valence-electron chi connectivity index (χ3n) is 4.33. The molecule has 2 unspecified atom stereocenters. The molecule has 1 aromatic carbocycles. The first-order chi connectivity index (χ1) is 11.0. The number of anilines is 1. The highest BCUT2D eigenvalue weighted by molar-refractivity contribution is 5.85. The van der Waals surface area contributed by atoms with E-state index >= 15 is 0 Å². The Balaban J connectivity index is 0.00000288. The van der Waals surface area contributed by atoms with Gasteiger partial charge < -0.3 is 15.5 Å². The summed E-state index contributed by atoms with van der Waals surface area (Å²) >= 11 is 0. The van der Waals surface area contributed by atoms with Crippen LogP contribution in [0.4, 0.5) is 11.4 Å². The van der Waals surface area contributed by atoms with Gasteiger partial charge in [0.1, 0.15) is 0 Å². The van der Waals surface area contributed by atoms with Crippen LogP contribution < -0.4 is 10.6 Å². The number of piperazine rings is 1. The first-order valence-electron chi connectivity index (χ1n) is 8.00. The average Bonchev–Trinajstić information content (AvgIpc) is 2.54. The van der Waals surface area contributed by atoms with Crippen LogP contribution in [0.2, 0.25) is 0 Å². The summed E-state index contributed by atoms with van der Waals surface area (Å²) in [6, 6.07) is 6.85. The van der Waals surface area contributed by atoms with E-state index < -0.39 is 4.92 Å². The van der Waals surface area contributed by atoms with Crippen molar-refractivity contribution in [2.75, 3.05) is 25.0 Å². The van der Waals surface area contributed by atoms with E-state index in [0.29, 0.717) is 19.0 Å². The summed E-state index contributed by atoms with van der Waals surface area (Å²) in [5, 5.41) is 17.1. The predicted octanol–water partition coefficient (Wildman–Crippen LogP) is 2.42. The molecule has 1 aromatic rings. The minimum absolute atomic E-state index is 0. The van der Waals surface area contributed by atoms with E-state index in [1.54, 1.807) is 12.1 Å². The normalized spacial score (nSPS) is 20.2. The van der Waals surface area contributed by atoms with Gasteiger partial charge in [0.15, 0.2) is 0 Å². The number of hydrogen-bond acceptors (Lipinski definition) is 5. The zero-order valence-electron chi connectivity index (χ0n) is 14.0. The molecule has 0 saturated carbocycles. The van der Waals surface area contributed by atoms with Crippen LogP contribution >= 0.6 is 12.4 Å². The summed E-state index contributed by atoms with van der Waals surface area (Å²) in [7, 11) is 0. The molecule has 24 heavy (non-hydrogen) atoms. The van der Waals surface area contributed by atoms with Crippen LogP contribution in [0.3, 0.4) is 0 Å². The fraction of sp³-hybridized carbons (Fsp3) is 0.562. The molecule has 7 nitrogen and oxygen atoms in total. The number of non-ortho nitro benzene ring substituents is 1. The molecule has 1 fully saturated rings. The van der Waals surface area contributed by atoms with Crippen molar-refractivity contribution in [3.05, 3.63) is 34.4 Å². The maximum Gasteiger partial charge on any atom is 0.269 e. The number of carbonyl (C=O) groups is 1. The van der Waals surface area contributed by atoms with Gasteiger partial charge in [0.2, 0.25) is 5.91 Å². The van der Waals surface area contributed by atoms with Crippen LogP contribution in [0.1, 0.15) is 26.7 Å². The van der Waals surface area contributed by atoms with Crippen LogP contribution in [0.15, 0.2) is 24.3 Å². The van der Waals surface area contributed by atoms with Gasteiger partial charge in [-0.2, -0.15) is 0 Å². The second-order valence-corrected chi connectivity index (χ2v) is 5.90. The van der Waals surface area contributed by atoms with Crippen molar-refractivity contribution >= 4 is 29.7 Å². The number of hydrogen-bond donors (Lipinski definition) is 2. The Hall–Kier alpha value is -1.86.